The molecule has 32 heavy (non-hydrogen) atoms. The van der Waals surface area contributed by atoms with Crippen LogP contribution in [0.1, 0.15) is 72.4 Å². The summed E-state index contributed by atoms with van der Waals surface area (Å²) in [4.78, 5) is 17.3. The number of aryl methyl sites for hydroxylation is 2. The number of anilines is 1. The van der Waals surface area contributed by atoms with E-state index in [-0.39, 0.29) is 5.91 Å². The van der Waals surface area contributed by atoms with Crippen LogP contribution in [0, 0.1) is 6.92 Å². The van der Waals surface area contributed by atoms with E-state index in [1.54, 1.807) is 12.0 Å². The minimum atomic E-state index is -0.570. The number of aliphatic hydroxyl groups is 1. The summed E-state index contributed by atoms with van der Waals surface area (Å²) in [6.07, 6.45) is 4.30. The van der Waals surface area contributed by atoms with Gasteiger partial charge >= 0.3 is 0 Å². The van der Waals surface area contributed by atoms with Gasteiger partial charge in [0.25, 0.3) is 5.91 Å². The lowest BCUT2D eigenvalue weighted by atomic mass is 9.99. The molecule has 1 unspecified atom stereocenters. The van der Waals surface area contributed by atoms with E-state index in [0.717, 1.165) is 68.0 Å². The van der Waals surface area contributed by atoms with Crippen molar-refractivity contribution in [2.75, 3.05) is 38.8 Å². The minimum absolute atomic E-state index is 0.0507. The molecule has 1 aromatic heterocycles. The lowest BCUT2D eigenvalue weighted by Gasteiger charge is -2.28. The molecule has 1 aliphatic rings. The van der Waals surface area contributed by atoms with E-state index in [9.17, 15) is 9.90 Å². The molecule has 176 valence electrons. The smallest absolute Gasteiger partial charge is 0.253 e. The van der Waals surface area contributed by atoms with Crippen molar-refractivity contribution in [3.8, 4) is 0 Å². The summed E-state index contributed by atoms with van der Waals surface area (Å²) in [5.74, 6) is -0.0507. The van der Waals surface area contributed by atoms with Crippen molar-refractivity contribution in [1.29, 1.82) is 0 Å². The fourth-order valence-corrected chi connectivity index (χ4v) is 4.44. The first-order chi connectivity index (χ1) is 15.4. The van der Waals surface area contributed by atoms with E-state index >= 15 is 0 Å². The Morgan fingerprint density at radius 2 is 2.06 bits per heavy atom. The Hall–Kier alpha value is -2.38. The Morgan fingerprint density at radius 3 is 2.81 bits per heavy atom. The van der Waals surface area contributed by atoms with Crippen molar-refractivity contribution in [2.24, 2.45) is 0 Å². The molecule has 1 aliphatic heterocycles. The van der Waals surface area contributed by atoms with Gasteiger partial charge in [0.05, 0.1) is 30.6 Å². The molecule has 7 nitrogen and oxygen atoms in total. The number of carbonyl (C=O) groups is 1. The molecule has 0 fully saturated rings. The predicted octanol–water partition coefficient (Wildman–Crippen LogP) is 3.93. The summed E-state index contributed by atoms with van der Waals surface area (Å²) in [6, 6.07) is 7.81. The Bertz CT molecular complexity index is 895. The maximum Gasteiger partial charge on any atom is 0.253 e. The van der Waals surface area contributed by atoms with Gasteiger partial charge in [-0.25, -0.2) is 0 Å². The molecule has 2 aromatic rings. The first-order valence-electron chi connectivity index (χ1n) is 11.8. The van der Waals surface area contributed by atoms with Crippen LogP contribution in [0.4, 0.5) is 5.69 Å². The van der Waals surface area contributed by atoms with Crippen LogP contribution in [0.25, 0.3) is 0 Å². The van der Waals surface area contributed by atoms with Gasteiger partial charge in [0.1, 0.15) is 0 Å². The Kier molecular flexibility index (Phi) is 8.70. The van der Waals surface area contributed by atoms with Gasteiger partial charge in [0.15, 0.2) is 0 Å². The number of hydrogen-bond acceptors (Lipinski definition) is 5. The van der Waals surface area contributed by atoms with E-state index in [0.29, 0.717) is 25.1 Å². The molecule has 0 saturated carbocycles. The molecule has 0 spiro atoms. The lowest BCUT2D eigenvalue weighted by molar-refractivity contribution is 0.0781. The summed E-state index contributed by atoms with van der Waals surface area (Å²) in [5.41, 5.74) is 4.45. The van der Waals surface area contributed by atoms with Crippen LogP contribution >= 0.6 is 0 Å². The largest absolute Gasteiger partial charge is 0.388 e. The molecule has 2 heterocycles. The fraction of sp³-hybridized carbons (Fsp3) is 0.600. The van der Waals surface area contributed by atoms with E-state index < -0.39 is 6.10 Å². The quantitative estimate of drug-likeness (QED) is 0.671. The number of hydrogen-bond donors (Lipinski definition) is 1. The van der Waals surface area contributed by atoms with Crippen LogP contribution in [0.15, 0.2) is 24.3 Å². The Balaban J connectivity index is 1.85. The number of methoxy groups -OCH3 is 1. The second-order valence-corrected chi connectivity index (χ2v) is 8.78. The number of carbonyl (C=O) groups excluding carboxylic acids is 1. The highest BCUT2D eigenvalue weighted by Crippen LogP contribution is 2.33. The zero-order chi connectivity index (χ0) is 23.1. The highest BCUT2D eigenvalue weighted by Gasteiger charge is 2.22. The van der Waals surface area contributed by atoms with Crippen LogP contribution < -0.4 is 4.90 Å². The molecule has 7 heteroatoms. The average molecular weight is 443 g/mol. The number of benzene rings is 1. The van der Waals surface area contributed by atoms with Gasteiger partial charge in [-0.15, -0.1) is 0 Å². The maximum atomic E-state index is 13.3. The molecule has 1 N–H and O–H groups in total. The minimum Gasteiger partial charge on any atom is -0.388 e. The molecule has 3 rings (SSSR count). The maximum absolute atomic E-state index is 13.3. The van der Waals surface area contributed by atoms with Crippen molar-refractivity contribution >= 4 is 11.6 Å². The summed E-state index contributed by atoms with van der Waals surface area (Å²) in [7, 11) is 3.53. The number of amides is 1. The van der Waals surface area contributed by atoms with E-state index in [2.05, 4.69) is 16.9 Å². The zero-order valence-electron chi connectivity index (χ0n) is 20.0. The van der Waals surface area contributed by atoms with Crippen LogP contribution in [0.5, 0.6) is 0 Å². The third-order valence-electron chi connectivity index (χ3n) is 6.11. The van der Waals surface area contributed by atoms with Gasteiger partial charge in [0.2, 0.25) is 0 Å². The normalized spacial score (nSPS) is 16.8. The molecule has 0 aliphatic carbocycles. The van der Waals surface area contributed by atoms with Gasteiger partial charge < -0.3 is 19.6 Å². The van der Waals surface area contributed by atoms with Gasteiger partial charge in [-0.1, -0.05) is 19.8 Å². The van der Waals surface area contributed by atoms with Crippen molar-refractivity contribution < 1.29 is 14.6 Å². The average Bonchev–Trinajstić information content (AvgIpc) is 3.15. The van der Waals surface area contributed by atoms with Crippen LogP contribution in [-0.2, 0) is 17.8 Å². The van der Waals surface area contributed by atoms with Gasteiger partial charge in [-0.2, -0.15) is 5.10 Å². The first kappa shape index (κ1) is 24.3. The third kappa shape index (κ3) is 5.90. The topological polar surface area (TPSA) is 70.8 Å². The number of aromatic nitrogens is 2. The standard InChI is InChI=1S/C25H38N4O3/c1-5-12-29-21(16-19(2)26-29)18-27(3)25(31)20-10-11-23-22(17-20)24(30)9-7-6-8-13-28(23)14-15-32-4/h10-11,16-17,24,30H,5-9,12-15,18H2,1-4H3. The Labute approximate surface area is 192 Å². The highest BCUT2D eigenvalue weighted by molar-refractivity contribution is 5.94. The van der Waals surface area contributed by atoms with Crippen LogP contribution in [0.2, 0.25) is 0 Å². The molecular weight excluding hydrogens is 404 g/mol. The van der Waals surface area contributed by atoms with E-state index in [4.69, 9.17) is 4.74 Å². The third-order valence-corrected chi connectivity index (χ3v) is 6.11. The predicted molar refractivity (Wildman–Crippen MR) is 127 cm³/mol. The van der Waals surface area contributed by atoms with Gasteiger partial charge in [-0.05, 0) is 50.5 Å². The molecule has 0 saturated heterocycles. The van der Waals surface area contributed by atoms with E-state index in [1.807, 2.05) is 42.9 Å². The summed E-state index contributed by atoms with van der Waals surface area (Å²) < 4.78 is 7.28. The summed E-state index contributed by atoms with van der Waals surface area (Å²) in [6.45, 7) is 7.76. The van der Waals surface area contributed by atoms with Crippen molar-refractivity contribution in [1.82, 2.24) is 14.7 Å². The van der Waals surface area contributed by atoms with Crippen molar-refractivity contribution in [3.05, 3.63) is 46.8 Å². The Morgan fingerprint density at radius 1 is 1.25 bits per heavy atom. The number of aliphatic hydroxyl groups excluding tert-OH is 1. The summed E-state index contributed by atoms with van der Waals surface area (Å²) in [5, 5.41) is 15.5. The second kappa shape index (κ2) is 11.5. The summed E-state index contributed by atoms with van der Waals surface area (Å²) >= 11 is 0. The van der Waals surface area contributed by atoms with Crippen molar-refractivity contribution in [2.45, 2.75) is 65.1 Å². The fourth-order valence-electron chi connectivity index (χ4n) is 4.44. The molecule has 1 amide bonds. The lowest BCUT2D eigenvalue weighted by Crippen LogP contribution is -2.30. The molecule has 0 bridgehead atoms. The number of rotatable bonds is 8. The highest BCUT2D eigenvalue weighted by atomic mass is 16.5. The monoisotopic (exact) mass is 442 g/mol. The van der Waals surface area contributed by atoms with Gasteiger partial charge in [-0.3, -0.25) is 9.48 Å². The number of fused-ring (bicyclic) bond motifs is 1. The molecular formula is C25H38N4O3. The van der Waals surface area contributed by atoms with Crippen LogP contribution in [-0.4, -0.2) is 59.5 Å². The van der Waals surface area contributed by atoms with Gasteiger partial charge in [0, 0.05) is 50.6 Å². The van der Waals surface area contributed by atoms with Crippen molar-refractivity contribution in [3.63, 3.8) is 0 Å². The number of nitrogens with zero attached hydrogens (tertiary/aromatic N) is 4. The molecule has 1 aromatic carbocycles. The molecule has 0 radical (unpaired) electrons. The number of ether oxygens (including phenoxy) is 1. The van der Waals surface area contributed by atoms with E-state index in [1.165, 1.54) is 0 Å². The first-order valence-corrected chi connectivity index (χ1v) is 11.8. The SMILES string of the molecule is CCCn1nc(C)cc1CN(C)C(=O)c1ccc2c(c1)C(O)CCCCCN2CCOC. The van der Waals surface area contributed by atoms with Crippen LogP contribution in [0.3, 0.4) is 0 Å². The zero-order valence-corrected chi connectivity index (χ0v) is 20.0. The molecule has 1 atom stereocenters. The second-order valence-electron chi connectivity index (χ2n) is 8.78.